The van der Waals surface area contributed by atoms with Gasteiger partial charge in [-0.3, -0.25) is 10.4 Å². The van der Waals surface area contributed by atoms with Gasteiger partial charge in [-0.25, -0.2) is 0 Å². The normalized spacial score (nSPS) is 22.1. The summed E-state index contributed by atoms with van der Waals surface area (Å²) in [7, 11) is 0. The topological polar surface area (TPSA) is 74.3 Å². The van der Waals surface area contributed by atoms with E-state index in [1.165, 1.54) is 0 Å². The number of rotatable bonds is 1. The monoisotopic (exact) mass is 192 g/mol. The van der Waals surface area contributed by atoms with Gasteiger partial charge in [0.2, 0.25) is 0 Å². The molecule has 72 valence electrons. The predicted octanol–water partition coefficient (Wildman–Crippen LogP) is 0.369. The van der Waals surface area contributed by atoms with Gasteiger partial charge in [0.25, 0.3) is 0 Å². The number of alkyl halides is 3. The van der Waals surface area contributed by atoms with Crippen LogP contribution in [-0.4, -0.2) is 24.4 Å². The van der Waals surface area contributed by atoms with Crippen LogP contribution >= 0.6 is 0 Å². The number of nitrogens with one attached hydrogen (secondary N) is 2. The highest BCUT2D eigenvalue weighted by Crippen LogP contribution is 2.25. The standard InChI is InChI=1S/C6H7F3N4/c7-6(8,9)4-1-3(5(10)11)12-2-13-4/h1-2,4H,(H3,10,11)(H,12,13). The van der Waals surface area contributed by atoms with Crippen LogP contribution in [0.4, 0.5) is 13.2 Å². The Hall–Kier alpha value is -1.53. The molecule has 0 bridgehead atoms. The molecule has 0 fully saturated rings. The molecule has 0 aromatic rings. The summed E-state index contributed by atoms with van der Waals surface area (Å²) in [6, 6.07) is -1.91. The van der Waals surface area contributed by atoms with Crippen LogP contribution in [0.15, 0.2) is 16.8 Å². The lowest BCUT2D eigenvalue weighted by Crippen LogP contribution is -2.35. The molecule has 0 aliphatic carbocycles. The Morgan fingerprint density at radius 3 is 2.69 bits per heavy atom. The van der Waals surface area contributed by atoms with Crippen LogP contribution in [0.2, 0.25) is 0 Å². The molecule has 1 aliphatic rings. The molecule has 0 amide bonds. The first-order chi connectivity index (χ1) is 5.91. The third-order valence-electron chi connectivity index (χ3n) is 1.41. The first kappa shape index (κ1) is 9.56. The molecule has 7 heteroatoms. The van der Waals surface area contributed by atoms with Crippen molar-refractivity contribution in [3.63, 3.8) is 0 Å². The third-order valence-corrected chi connectivity index (χ3v) is 1.41. The molecule has 0 spiro atoms. The van der Waals surface area contributed by atoms with Gasteiger partial charge >= 0.3 is 6.18 Å². The second-order valence-electron chi connectivity index (χ2n) is 2.40. The number of hydrogen-bond acceptors (Lipinski definition) is 3. The summed E-state index contributed by atoms with van der Waals surface area (Å²) in [5.41, 5.74) is 4.92. The van der Waals surface area contributed by atoms with E-state index in [-0.39, 0.29) is 5.70 Å². The number of halogens is 3. The fraction of sp³-hybridized carbons (Fsp3) is 0.333. The zero-order valence-corrected chi connectivity index (χ0v) is 6.39. The molecule has 4 nitrogen and oxygen atoms in total. The van der Waals surface area contributed by atoms with Crippen LogP contribution in [0, 0.1) is 5.41 Å². The van der Waals surface area contributed by atoms with Crippen molar-refractivity contribution >= 4 is 12.2 Å². The fourth-order valence-corrected chi connectivity index (χ4v) is 0.783. The maximum atomic E-state index is 12.1. The number of hydrogen-bond donors (Lipinski definition) is 3. The molecular formula is C6H7F3N4. The number of nitrogens with two attached hydrogens (primary N) is 1. The molecule has 4 N–H and O–H groups in total. The number of nitrogens with zero attached hydrogens (tertiary/aromatic N) is 1. The van der Waals surface area contributed by atoms with E-state index in [0.717, 1.165) is 12.4 Å². The van der Waals surface area contributed by atoms with E-state index in [0.29, 0.717) is 0 Å². The van der Waals surface area contributed by atoms with Crippen LogP contribution in [0.25, 0.3) is 0 Å². The van der Waals surface area contributed by atoms with Crippen LogP contribution in [-0.2, 0) is 0 Å². The Morgan fingerprint density at radius 2 is 2.23 bits per heavy atom. The van der Waals surface area contributed by atoms with Crippen molar-refractivity contribution in [1.82, 2.24) is 5.32 Å². The van der Waals surface area contributed by atoms with Crippen LogP contribution in [0.5, 0.6) is 0 Å². The summed E-state index contributed by atoms with van der Waals surface area (Å²) in [5, 5.41) is 9.24. The molecule has 0 radical (unpaired) electrons. The van der Waals surface area contributed by atoms with Crippen molar-refractivity contribution < 1.29 is 13.2 Å². The van der Waals surface area contributed by atoms with Crippen molar-refractivity contribution in [2.75, 3.05) is 0 Å². The molecule has 1 aliphatic heterocycles. The zero-order chi connectivity index (χ0) is 10.1. The number of aliphatic imine (C=N–C) groups is 1. The molecule has 0 saturated carbocycles. The molecule has 13 heavy (non-hydrogen) atoms. The lowest BCUT2D eigenvalue weighted by atomic mass is 10.2. The lowest BCUT2D eigenvalue weighted by molar-refractivity contribution is -0.136. The molecule has 1 unspecified atom stereocenters. The average molecular weight is 192 g/mol. The van der Waals surface area contributed by atoms with E-state index in [1.807, 2.05) is 0 Å². The second kappa shape index (κ2) is 3.08. The van der Waals surface area contributed by atoms with Crippen LogP contribution < -0.4 is 11.1 Å². The van der Waals surface area contributed by atoms with E-state index in [1.54, 1.807) is 0 Å². The van der Waals surface area contributed by atoms with Gasteiger partial charge in [-0.1, -0.05) is 0 Å². The van der Waals surface area contributed by atoms with E-state index < -0.39 is 18.1 Å². The molecule has 0 saturated heterocycles. The van der Waals surface area contributed by atoms with Crippen molar-refractivity contribution in [3.05, 3.63) is 11.8 Å². The Bertz CT molecular complexity index is 278. The Labute approximate surface area is 71.8 Å². The molecular weight excluding hydrogens is 185 g/mol. The van der Waals surface area contributed by atoms with Gasteiger partial charge in [-0.2, -0.15) is 13.2 Å². The molecule has 0 aromatic carbocycles. The summed E-state index contributed by atoms with van der Waals surface area (Å²) >= 11 is 0. The smallest absolute Gasteiger partial charge is 0.382 e. The van der Waals surface area contributed by atoms with Crippen molar-refractivity contribution in [3.8, 4) is 0 Å². The first-order valence-electron chi connectivity index (χ1n) is 3.32. The van der Waals surface area contributed by atoms with Gasteiger partial charge in [0.15, 0.2) is 6.04 Å². The van der Waals surface area contributed by atoms with Crippen LogP contribution in [0.3, 0.4) is 0 Å². The minimum Gasteiger partial charge on any atom is -0.382 e. The van der Waals surface area contributed by atoms with E-state index in [9.17, 15) is 13.2 Å². The van der Waals surface area contributed by atoms with Crippen molar-refractivity contribution in [1.29, 1.82) is 5.41 Å². The average Bonchev–Trinajstić information content (AvgIpc) is 2.03. The van der Waals surface area contributed by atoms with E-state index in [4.69, 9.17) is 11.1 Å². The third kappa shape index (κ3) is 2.20. The lowest BCUT2D eigenvalue weighted by Gasteiger charge is -2.18. The first-order valence-corrected chi connectivity index (χ1v) is 3.32. The maximum absolute atomic E-state index is 12.1. The summed E-state index contributed by atoms with van der Waals surface area (Å²) in [6.07, 6.45) is -2.78. The van der Waals surface area contributed by atoms with Gasteiger partial charge in [-0.15, -0.1) is 0 Å². The number of amidine groups is 1. The molecule has 1 rings (SSSR count). The highest BCUT2D eigenvalue weighted by Gasteiger charge is 2.39. The predicted molar refractivity (Wildman–Crippen MR) is 41.5 cm³/mol. The summed E-state index contributed by atoms with van der Waals surface area (Å²) in [6.45, 7) is 0. The Balaban J connectivity index is 2.85. The molecule has 1 atom stereocenters. The Kier molecular flexibility index (Phi) is 2.26. The minimum atomic E-state index is -4.43. The summed E-state index contributed by atoms with van der Waals surface area (Å²) in [5.74, 6) is -0.444. The van der Waals surface area contributed by atoms with Crippen LogP contribution in [0.1, 0.15) is 0 Å². The quantitative estimate of drug-likeness (QED) is 0.414. The SMILES string of the molecule is N=C(N)C1=CC(C(F)(F)F)N=CN1. The highest BCUT2D eigenvalue weighted by molar-refractivity contribution is 5.96. The van der Waals surface area contributed by atoms with E-state index >= 15 is 0 Å². The van der Waals surface area contributed by atoms with Gasteiger partial charge in [0.05, 0.1) is 12.0 Å². The Morgan fingerprint density at radius 1 is 1.62 bits per heavy atom. The van der Waals surface area contributed by atoms with E-state index in [2.05, 4.69) is 10.3 Å². The summed E-state index contributed by atoms with van der Waals surface area (Å²) in [4.78, 5) is 3.14. The van der Waals surface area contributed by atoms with Gasteiger partial charge in [0.1, 0.15) is 5.84 Å². The van der Waals surface area contributed by atoms with Crippen molar-refractivity contribution in [2.45, 2.75) is 12.2 Å². The fourth-order valence-electron chi connectivity index (χ4n) is 0.783. The largest absolute Gasteiger partial charge is 0.414 e. The maximum Gasteiger partial charge on any atom is 0.414 e. The van der Waals surface area contributed by atoms with Crippen molar-refractivity contribution in [2.24, 2.45) is 10.7 Å². The van der Waals surface area contributed by atoms with Gasteiger partial charge in [-0.05, 0) is 6.08 Å². The summed E-state index contributed by atoms with van der Waals surface area (Å²) < 4.78 is 36.2. The van der Waals surface area contributed by atoms with Gasteiger partial charge < -0.3 is 11.1 Å². The zero-order valence-electron chi connectivity index (χ0n) is 6.39. The highest BCUT2D eigenvalue weighted by atomic mass is 19.4. The molecule has 0 aromatic heterocycles. The van der Waals surface area contributed by atoms with Gasteiger partial charge in [0, 0.05) is 0 Å². The molecule has 1 heterocycles. The minimum absolute atomic E-state index is 0.0719. The second-order valence-corrected chi connectivity index (χ2v) is 2.40.